The first-order valence-electron chi connectivity index (χ1n) is 8.44. The number of H-pyrrole nitrogens is 1. The van der Waals surface area contributed by atoms with Crippen LogP contribution in [0.25, 0.3) is 17.0 Å². The van der Waals surface area contributed by atoms with E-state index in [1.807, 2.05) is 59.5 Å². The van der Waals surface area contributed by atoms with Crippen LogP contribution in [0.15, 0.2) is 54.6 Å². The van der Waals surface area contributed by atoms with Gasteiger partial charge in [0.15, 0.2) is 0 Å². The number of rotatable bonds is 3. The minimum absolute atomic E-state index is 0.0479. The number of ether oxygens (including phenoxy) is 1. The maximum absolute atomic E-state index is 12.6. The van der Waals surface area contributed by atoms with Crippen LogP contribution in [0.2, 0.25) is 0 Å². The van der Waals surface area contributed by atoms with Crippen LogP contribution in [0, 0.1) is 0 Å². The van der Waals surface area contributed by atoms with Crippen molar-refractivity contribution in [3.63, 3.8) is 0 Å². The van der Waals surface area contributed by atoms with Crippen LogP contribution in [0.4, 0.5) is 0 Å². The minimum atomic E-state index is 0.0479. The Morgan fingerprint density at radius 2 is 2.04 bits per heavy atom. The highest BCUT2D eigenvalue weighted by molar-refractivity contribution is 5.93. The van der Waals surface area contributed by atoms with Gasteiger partial charge in [0.2, 0.25) is 5.91 Å². The third-order valence-electron chi connectivity index (χ3n) is 4.71. The molecule has 126 valence electrons. The number of hydrogen-bond acceptors (Lipinski definition) is 2. The lowest BCUT2D eigenvalue weighted by Gasteiger charge is -2.26. The fraction of sp³-hybridized carbons (Fsp3) is 0.190. The third-order valence-corrected chi connectivity index (χ3v) is 4.71. The van der Waals surface area contributed by atoms with Crippen LogP contribution in [-0.4, -0.2) is 29.4 Å². The second-order valence-corrected chi connectivity index (χ2v) is 6.25. The Labute approximate surface area is 146 Å². The lowest BCUT2D eigenvalue weighted by Crippen LogP contribution is -2.34. The Kier molecular flexibility index (Phi) is 4.02. The number of hydrogen-bond donors (Lipinski definition) is 1. The maximum Gasteiger partial charge on any atom is 0.246 e. The molecule has 0 spiro atoms. The first kappa shape index (κ1) is 15.5. The molecule has 1 aliphatic rings. The second kappa shape index (κ2) is 6.48. The van der Waals surface area contributed by atoms with Crippen LogP contribution in [0.1, 0.15) is 16.8 Å². The monoisotopic (exact) mass is 332 g/mol. The van der Waals surface area contributed by atoms with Crippen molar-refractivity contribution >= 4 is 22.9 Å². The predicted molar refractivity (Wildman–Crippen MR) is 99.4 cm³/mol. The van der Waals surface area contributed by atoms with E-state index in [1.54, 1.807) is 13.2 Å². The van der Waals surface area contributed by atoms with E-state index in [2.05, 4.69) is 4.98 Å². The zero-order chi connectivity index (χ0) is 17.2. The molecule has 4 heteroatoms. The van der Waals surface area contributed by atoms with Gasteiger partial charge in [0.05, 0.1) is 7.11 Å². The van der Waals surface area contributed by atoms with Crippen LogP contribution in [0.3, 0.4) is 0 Å². The van der Waals surface area contributed by atoms with Crippen LogP contribution < -0.4 is 4.74 Å². The number of carbonyl (C=O) groups is 1. The fourth-order valence-corrected chi connectivity index (χ4v) is 3.35. The van der Waals surface area contributed by atoms with Gasteiger partial charge in [-0.3, -0.25) is 4.79 Å². The number of methoxy groups -OCH3 is 1. The molecule has 4 rings (SSSR count). The minimum Gasteiger partial charge on any atom is -0.497 e. The molecule has 3 aromatic rings. The van der Waals surface area contributed by atoms with Gasteiger partial charge in [0.1, 0.15) is 5.75 Å². The molecule has 4 nitrogen and oxygen atoms in total. The van der Waals surface area contributed by atoms with Crippen LogP contribution >= 0.6 is 0 Å². The maximum atomic E-state index is 12.6. The predicted octanol–water partition coefficient (Wildman–Crippen LogP) is 3.77. The van der Waals surface area contributed by atoms with E-state index in [0.717, 1.165) is 35.2 Å². The number of fused-ring (bicyclic) bond motifs is 3. The first-order chi connectivity index (χ1) is 12.2. The van der Waals surface area contributed by atoms with Crippen molar-refractivity contribution in [1.82, 2.24) is 9.88 Å². The van der Waals surface area contributed by atoms with Gasteiger partial charge >= 0.3 is 0 Å². The number of nitrogens with zero attached hydrogens (tertiary/aromatic N) is 1. The average molecular weight is 332 g/mol. The van der Waals surface area contributed by atoms with E-state index < -0.39 is 0 Å². The molecule has 1 aliphatic heterocycles. The SMILES string of the molecule is COc1ccc2[nH]c3c(c2c1)CN(C(=O)C=Cc1ccccc1)CC3. The van der Waals surface area contributed by atoms with E-state index in [-0.39, 0.29) is 5.91 Å². The second-order valence-electron chi connectivity index (χ2n) is 6.25. The Hall–Kier alpha value is -3.01. The van der Waals surface area contributed by atoms with Gasteiger partial charge in [0, 0.05) is 47.7 Å². The van der Waals surface area contributed by atoms with Gasteiger partial charge in [0.25, 0.3) is 0 Å². The third kappa shape index (κ3) is 3.03. The summed E-state index contributed by atoms with van der Waals surface area (Å²) in [6.45, 7) is 1.36. The molecule has 1 aromatic heterocycles. The molecule has 2 heterocycles. The molecule has 1 amide bonds. The summed E-state index contributed by atoms with van der Waals surface area (Å²) in [5.41, 5.74) is 4.55. The first-order valence-corrected chi connectivity index (χ1v) is 8.44. The van der Waals surface area contributed by atoms with Gasteiger partial charge in [-0.15, -0.1) is 0 Å². The summed E-state index contributed by atoms with van der Waals surface area (Å²) in [5, 5.41) is 1.14. The molecule has 0 unspecified atom stereocenters. The van der Waals surface area contributed by atoms with Crippen LogP contribution in [0.5, 0.6) is 5.75 Å². The van der Waals surface area contributed by atoms with Crippen molar-refractivity contribution in [2.24, 2.45) is 0 Å². The molecule has 0 saturated carbocycles. The van der Waals surface area contributed by atoms with Gasteiger partial charge in [-0.05, 0) is 29.8 Å². The van der Waals surface area contributed by atoms with E-state index >= 15 is 0 Å². The highest BCUT2D eigenvalue weighted by atomic mass is 16.5. The van der Waals surface area contributed by atoms with Crippen molar-refractivity contribution in [3.8, 4) is 5.75 Å². The lowest BCUT2D eigenvalue weighted by molar-refractivity contribution is -0.126. The lowest BCUT2D eigenvalue weighted by atomic mass is 10.0. The van der Waals surface area contributed by atoms with Gasteiger partial charge in [-0.2, -0.15) is 0 Å². The Morgan fingerprint density at radius 1 is 1.20 bits per heavy atom. The fourth-order valence-electron chi connectivity index (χ4n) is 3.35. The summed E-state index contributed by atoms with van der Waals surface area (Å²) < 4.78 is 5.34. The van der Waals surface area contributed by atoms with E-state index in [0.29, 0.717) is 6.54 Å². The summed E-state index contributed by atoms with van der Waals surface area (Å²) in [5.74, 6) is 0.883. The number of amides is 1. The summed E-state index contributed by atoms with van der Waals surface area (Å²) >= 11 is 0. The smallest absolute Gasteiger partial charge is 0.246 e. The van der Waals surface area contributed by atoms with Gasteiger partial charge in [-0.1, -0.05) is 30.3 Å². The normalized spacial score (nSPS) is 14.0. The van der Waals surface area contributed by atoms with Crippen molar-refractivity contribution in [2.45, 2.75) is 13.0 Å². The summed E-state index contributed by atoms with van der Waals surface area (Å²) in [6.07, 6.45) is 4.38. The van der Waals surface area contributed by atoms with Gasteiger partial charge in [-0.25, -0.2) is 0 Å². The van der Waals surface area contributed by atoms with Gasteiger partial charge < -0.3 is 14.6 Å². The molecular formula is C21H20N2O2. The largest absolute Gasteiger partial charge is 0.497 e. The molecule has 25 heavy (non-hydrogen) atoms. The summed E-state index contributed by atoms with van der Waals surface area (Å²) in [4.78, 5) is 17.9. The molecule has 0 fully saturated rings. The number of aromatic amines is 1. The van der Waals surface area contributed by atoms with Crippen molar-refractivity contribution in [3.05, 3.63) is 71.4 Å². The Balaban J connectivity index is 1.57. The topological polar surface area (TPSA) is 45.3 Å². The standard InChI is InChI=1S/C21H20N2O2/c1-25-16-8-9-19-17(13-16)18-14-23(12-11-20(18)22-19)21(24)10-7-15-5-3-2-4-6-15/h2-10,13,22H,11-12,14H2,1H3. The molecule has 0 aliphatic carbocycles. The molecular weight excluding hydrogens is 312 g/mol. The molecule has 1 N–H and O–H groups in total. The molecule has 0 saturated heterocycles. The molecule has 0 atom stereocenters. The highest BCUT2D eigenvalue weighted by Crippen LogP contribution is 2.30. The zero-order valence-electron chi connectivity index (χ0n) is 14.2. The summed E-state index contributed by atoms with van der Waals surface area (Å²) in [6, 6.07) is 15.9. The van der Waals surface area contributed by atoms with Crippen LogP contribution in [-0.2, 0) is 17.8 Å². The molecule has 0 bridgehead atoms. The Bertz CT molecular complexity index is 941. The summed E-state index contributed by atoms with van der Waals surface area (Å²) in [7, 11) is 1.67. The number of aromatic nitrogens is 1. The average Bonchev–Trinajstić information content (AvgIpc) is 3.03. The van der Waals surface area contributed by atoms with E-state index in [9.17, 15) is 4.79 Å². The molecule has 0 radical (unpaired) electrons. The van der Waals surface area contributed by atoms with E-state index in [1.165, 1.54) is 11.3 Å². The number of carbonyl (C=O) groups excluding carboxylic acids is 1. The Morgan fingerprint density at radius 3 is 2.84 bits per heavy atom. The highest BCUT2D eigenvalue weighted by Gasteiger charge is 2.23. The molecule has 2 aromatic carbocycles. The number of nitrogens with one attached hydrogen (secondary N) is 1. The van der Waals surface area contributed by atoms with Crippen molar-refractivity contribution in [2.75, 3.05) is 13.7 Å². The van der Waals surface area contributed by atoms with Crippen molar-refractivity contribution < 1.29 is 9.53 Å². The quantitative estimate of drug-likeness (QED) is 0.742. The van der Waals surface area contributed by atoms with Crippen molar-refractivity contribution in [1.29, 1.82) is 0 Å². The number of benzene rings is 2. The van der Waals surface area contributed by atoms with E-state index in [4.69, 9.17) is 4.74 Å². The zero-order valence-corrected chi connectivity index (χ0v) is 14.2.